The van der Waals surface area contributed by atoms with Crippen LogP contribution in [0.1, 0.15) is 40.0 Å². The molecule has 0 aliphatic heterocycles. The highest BCUT2D eigenvalue weighted by Gasteiger charge is 1.94. The van der Waals surface area contributed by atoms with Gasteiger partial charge in [-0.25, -0.2) is 0 Å². The summed E-state index contributed by atoms with van der Waals surface area (Å²) >= 11 is 0. The lowest BCUT2D eigenvalue weighted by Gasteiger charge is -2.01. The van der Waals surface area contributed by atoms with Crippen LogP contribution in [0.4, 0.5) is 0 Å². The van der Waals surface area contributed by atoms with Crippen LogP contribution in [-0.2, 0) is 0 Å². The zero-order chi connectivity index (χ0) is 12.2. The molecule has 0 unspecified atom stereocenters. The van der Waals surface area contributed by atoms with Crippen molar-refractivity contribution in [2.24, 2.45) is 0 Å². The smallest absolute Gasteiger partial charge is 0.00518 e. The molecule has 1 heteroatoms. The molecular formula is C15H25N. The fraction of sp³-hybridized carbons (Fsp3) is 0.533. The Morgan fingerprint density at radius 3 is 2.62 bits per heavy atom. The van der Waals surface area contributed by atoms with Crippen molar-refractivity contribution in [2.75, 3.05) is 13.6 Å². The lowest BCUT2D eigenvalue weighted by molar-refractivity contribution is 0.678. The van der Waals surface area contributed by atoms with Crippen LogP contribution in [0.15, 0.2) is 41.2 Å². The van der Waals surface area contributed by atoms with E-state index in [1.807, 2.05) is 27.0 Å². The van der Waals surface area contributed by atoms with Gasteiger partial charge in [0, 0.05) is 0 Å². The highest BCUT2D eigenvalue weighted by atomic mass is 14.8. The van der Waals surface area contributed by atoms with Gasteiger partial charge < -0.3 is 5.32 Å². The summed E-state index contributed by atoms with van der Waals surface area (Å²) in [5.41, 5.74) is 5.80. The van der Waals surface area contributed by atoms with E-state index in [9.17, 15) is 0 Å². The van der Waals surface area contributed by atoms with Gasteiger partial charge in [-0.05, 0) is 57.0 Å². The van der Waals surface area contributed by atoms with E-state index in [-0.39, 0.29) is 0 Å². The molecule has 90 valence electrons. The van der Waals surface area contributed by atoms with Crippen molar-refractivity contribution in [1.82, 2.24) is 5.32 Å². The predicted molar refractivity (Wildman–Crippen MR) is 73.6 cm³/mol. The van der Waals surface area contributed by atoms with Gasteiger partial charge in [-0.15, -0.1) is 5.73 Å². The standard InChI is InChI=1S/C13H19N.C2H6/c1-12-6-5-8-13(10-9-12)7-3-4-11-14-2;1-2/h5,8-10,14H,3-4,7,11H2,1-2H3;1-2H3. The van der Waals surface area contributed by atoms with Gasteiger partial charge in [-0.3, -0.25) is 0 Å². The molecular weight excluding hydrogens is 194 g/mol. The van der Waals surface area contributed by atoms with Crippen LogP contribution in [0.5, 0.6) is 0 Å². The Kier molecular flexibility index (Phi) is 9.80. The van der Waals surface area contributed by atoms with Gasteiger partial charge in [0.2, 0.25) is 0 Å². The first-order chi connectivity index (χ1) is 7.83. The van der Waals surface area contributed by atoms with E-state index in [1.165, 1.54) is 30.4 Å². The maximum atomic E-state index is 3.19. The second kappa shape index (κ2) is 10.5. The van der Waals surface area contributed by atoms with Gasteiger partial charge in [0.05, 0.1) is 0 Å². The molecule has 1 nitrogen and oxygen atoms in total. The first-order valence-corrected chi connectivity index (χ1v) is 6.28. The van der Waals surface area contributed by atoms with E-state index in [0.717, 1.165) is 6.54 Å². The van der Waals surface area contributed by atoms with Crippen LogP contribution in [0.25, 0.3) is 0 Å². The molecule has 0 atom stereocenters. The van der Waals surface area contributed by atoms with Crippen LogP contribution in [0, 0.1) is 0 Å². The molecule has 1 rings (SSSR count). The van der Waals surface area contributed by atoms with Gasteiger partial charge in [0.1, 0.15) is 0 Å². The van der Waals surface area contributed by atoms with Gasteiger partial charge in [-0.2, -0.15) is 0 Å². The van der Waals surface area contributed by atoms with Crippen LogP contribution >= 0.6 is 0 Å². The van der Waals surface area contributed by atoms with Gasteiger partial charge in [0.25, 0.3) is 0 Å². The Morgan fingerprint density at radius 1 is 1.19 bits per heavy atom. The molecule has 0 spiro atoms. The van der Waals surface area contributed by atoms with Crippen molar-refractivity contribution in [3.8, 4) is 0 Å². The summed E-state index contributed by atoms with van der Waals surface area (Å²) in [7, 11) is 2.00. The van der Waals surface area contributed by atoms with Crippen LogP contribution in [-0.4, -0.2) is 13.6 Å². The fourth-order valence-corrected chi connectivity index (χ4v) is 1.41. The van der Waals surface area contributed by atoms with E-state index < -0.39 is 0 Å². The summed E-state index contributed by atoms with van der Waals surface area (Å²) in [6.45, 7) is 7.19. The van der Waals surface area contributed by atoms with Crippen molar-refractivity contribution in [1.29, 1.82) is 0 Å². The summed E-state index contributed by atoms with van der Waals surface area (Å²) in [6.07, 6.45) is 12.2. The molecule has 0 heterocycles. The van der Waals surface area contributed by atoms with Crippen LogP contribution in [0.2, 0.25) is 0 Å². The minimum Gasteiger partial charge on any atom is -0.320 e. The van der Waals surface area contributed by atoms with Crippen molar-refractivity contribution in [3.05, 3.63) is 41.2 Å². The summed E-state index contributed by atoms with van der Waals surface area (Å²) < 4.78 is 0. The molecule has 16 heavy (non-hydrogen) atoms. The average Bonchev–Trinajstić information content (AvgIpc) is 2.53. The molecule has 0 saturated heterocycles. The quantitative estimate of drug-likeness (QED) is 0.544. The summed E-state index contributed by atoms with van der Waals surface area (Å²) in [6, 6.07) is 0. The minimum atomic E-state index is 1.12. The van der Waals surface area contributed by atoms with Crippen molar-refractivity contribution in [3.63, 3.8) is 0 Å². The fourth-order valence-electron chi connectivity index (χ4n) is 1.41. The molecule has 1 aliphatic rings. The van der Waals surface area contributed by atoms with Gasteiger partial charge in [0.15, 0.2) is 0 Å². The molecule has 0 aromatic heterocycles. The SMILES string of the molecule is CC.CNCCCCC1=CC=C=C(C)C=C1. The summed E-state index contributed by atoms with van der Waals surface area (Å²) in [5.74, 6) is 0. The molecule has 1 N–H and O–H groups in total. The maximum Gasteiger partial charge on any atom is -0.00518 e. The van der Waals surface area contributed by atoms with E-state index in [0.29, 0.717) is 0 Å². The van der Waals surface area contributed by atoms with E-state index in [1.54, 1.807) is 0 Å². The molecule has 0 bridgehead atoms. The van der Waals surface area contributed by atoms with Gasteiger partial charge >= 0.3 is 0 Å². The van der Waals surface area contributed by atoms with E-state index in [4.69, 9.17) is 0 Å². The first-order valence-electron chi connectivity index (χ1n) is 6.28. The minimum absolute atomic E-state index is 1.12. The third-order valence-electron chi connectivity index (χ3n) is 2.30. The Morgan fingerprint density at radius 2 is 1.94 bits per heavy atom. The normalized spacial score (nSPS) is 13.5. The zero-order valence-electron chi connectivity index (χ0n) is 11.1. The molecule has 0 aromatic carbocycles. The van der Waals surface area contributed by atoms with Crippen molar-refractivity contribution < 1.29 is 0 Å². The Hall–Kier alpha value is -1.04. The Bertz CT molecular complexity index is 289. The second-order valence-electron chi connectivity index (χ2n) is 3.63. The number of unbranched alkanes of at least 4 members (excludes halogenated alkanes) is 1. The summed E-state index contributed by atoms with van der Waals surface area (Å²) in [4.78, 5) is 0. The molecule has 0 saturated carbocycles. The average molecular weight is 219 g/mol. The highest BCUT2D eigenvalue weighted by Crippen LogP contribution is 2.12. The molecule has 0 fully saturated rings. The third-order valence-corrected chi connectivity index (χ3v) is 2.30. The third kappa shape index (κ3) is 7.28. The second-order valence-corrected chi connectivity index (χ2v) is 3.63. The topological polar surface area (TPSA) is 12.0 Å². The molecule has 1 aliphatic carbocycles. The van der Waals surface area contributed by atoms with Crippen LogP contribution in [0.3, 0.4) is 0 Å². The monoisotopic (exact) mass is 219 g/mol. The number of nitrogens with one attached hydrogen (secondary N) is 1. The zero-order valence-corrected chi connectivity index (χ0v) is 11.1. The molecule has 0 radical (unpaired) electrons. The Balaban J connectivity index is 0.00000106. The Labute approximate surface area is 101 Å². The van der Waals surface area contributed by atoms with E-state index in [2.05, 4.69) is 36.2 Å². The number of hydrogen-bond donors (Lipinski definition) is 1. The molecule has 0 aromatic rings. The molecule has 0 amide bonds. The lowest BCUT2D eigenvalue weighted by Crippen LogP contribution is -2.06. The number of hydrogen-bond acceptors (Lipinski definition) is 1. The van der Waals surface area contributed by atoms with Crippen molar-refractivity contribution >= 4 is 0 Å². The van der Waals surface area contributed by atoms with E-state index >= 15 is 0 Å². The summed E-state index contributed by atoms with van der Waals surface area (Å²) in [5, 5.41) is 3.16. The number of allylic oxidation sites excluding steroid dienone is 5. The van der Waals surface area contributed by atoms with Crippen LogP contribution < -0.4 is 5.32 Å². The lowest BCUT2D eigenvalue weighted by atomic mass is 10.1. The van der Waals surface area contributed by atoms with Gasteiger partial charge in [-0.1, -0.05) is 32.1 Å². The number of rotatable bonds is 5. The largest absolute Gasteiger partial charge is 0.320 e. The van der Waals surface area contributed by atoms with Crippen molar-refractivity contribution in [2.45, 2.75) is 40.0 Å². The maximum absolute atomic E-state index is 3.19. The first kappa shape index (κ1) is 15.0. The predicted octanol–water partition coefficient (Wildman–Crippen LogP) is 4.00. The highest BCUT2D eigenvalue weighted by molar-refractivity contribution is 5.33.